The van der Waals surface area contributed by atoms with Crippen LogP contribution in [0.1, 0.15) is 45.5 Å². The van der Waals surface area contributed by atoms with Crippen molar-refractivity contribution >= 4 is 41.0 Å². The summed E-state index contributed by atoms with van der Waals surface area (Å²) in [7, 11) is 0. The monoisotopic (exact) mass is 417 g/mol. The average molecular weight is 418 g/mol. The second-order valence-corrected chi connectivity index (χ2v) is 8.08. The van der Waals surface area contributed by atoms with E-state index in [4.69, 9.17) is 23.2 Å². The van der Waals surface area contributed by atoms with Crippen molar-refractivity contribution in [1.82, 2.24) is 4.90 Å². The van der Waals surface area contributed by atoms with Gasteiger partial charge in [-0.05, 0) is 48.6 Å². The van der Waals surface area contributed by atoms with Gasteiger partial charge in [0.25, 0.3) is 11.8 Å². The molecule has 0 unspecified atom stereocenters. The highest BCUT2D eigenvalue weighted by atomic mass is 35.5. The third kappa shape index (κ3) is 2.73. The molecule has 0 saturated heterocycles. The van der Waals surface area contributed by atoms with Crippen LogP contribution in [-0.4, -0.2) is 34.3 Å². The second-order valence-electron chi connectivity index (χ2n) is 7.26. The molecular weight excluding hydrogens is 401 g/mol. The first-order valence-electron chi connectivity index (χ1n) is 9.00. The van der Waals surface area contributed by atoms with Crippen LogP contribution in [0.3, 0.4) is 0 Å². The van der Waals surface area contributed by atoms with Crippen LogP contribution < -0.4 is 0 Å². The molecule has 2 aliphatic rings. The number of fused-ring (bicyclic) bond motifs is 1. The normalized spacial score (nSPS) is 23.9. The van der Waals surface area contributed by atoms with Gasteiger partial charge in [0.05, 0.1) is 26.6 Å². The van der Waals surface area contributed by atoms with Crippen molar-refractivity contribution in [1.29, 1.82) is 0 Å². The molecule has 1 aliphatic carbocycles. The molecule has 1 N–H and O–H groups in total. The Kier molecular flexibility index (Phi) is 4.68. The fourth-order valence-electron chi connectivity index (χ4n) is 4.51. The zero-order valence-electron chi connectivity index (χ0n) is 14.8. The summed E-state index contributed by atoms with van der Waals surface area (Å²) in [6.07, 6.45) is 1.69. The zero-order valence-corrected chi connectivity index (χ0v) is 16.3. The maximum Gasteiger partial charge on any atom is 0.314 e. The van der Waals surface area contributed by atoms with Crippen molar-refractivity contribution in [3.05, 3.63) is 69.2 Å². The summed E-state index contributed by atoms with van der Waals surface area (Å²) in [6, 6.07) is 11.5. The minimum atomic E-state index is -1.22. The van der Waals surface area contributed by atoms with Crippen LogP contribution in [0, 0.1) is 5.92 Å². The van der Waals surface area contributed by atoms with E-state index in [0.29, 0.717) is 41.0 Å². The van der Waals surface area contributed by atoms with Gasteiger partial charge >= 0.3 is 5.97 Å². The highest BCUT2D eigenvalue weighted by molar-refractivity contribution is 6.42. The van der Waals surface area contributed by atoms with Crippen molar-refractivity contribution in [3.8, 4) is 0 Å². The molecule has 4 rings (SSSR count). The van der Waals surface area contributed by atoms with Crippen LogP contribution in [0.25, 0.3) is 0 Å². The van der Waals surface area contributed by atoms with Crippen LogP contribution in [0.4, 0.5) is 0 Å². The van der Waals surface area contributed by atoms with Gasteiger partial charge in [0.2, 0.25) is 0 Å². The van der Waals surface area contributed by atoms with E-state index in [1.807, 2.05) is 0 Å². The van der Waals surface area contributed by atoms with Gasteiger partial charge in [0.1, 0.15) is 0 Å². The second kappa shape index (κ2) is 6.90. The van der Waals surface area contributed by atoms with Gasteiger partial charge < -0.3 is 5.11 Å². The largest absolute Gasteiger partial charge is 0.481 e. The standard InChI is InChI=1S/C21H17Cl2NO4/c22-16-8-7-12(10-17(16)23)21(20(27)28)9-3-4-13(21)11-24-18(25)14-5-1-2-6-15(14)19(24)26/h1-2,5-8,10,13H,3-4,9,11H2,(H,27,28)/t13-,21+/m0/s1. The number of hydrogen-bond donors (Lipinski definition) is 1. The molecule has 0 bridgehead atoms. The molecule has 7 heteroatoms. The number of aliphatic carboxylic acids is 1. The molecule has 28 heavy (non-hydrogen) atoms. The van der Waals surface area contributed by atoms with E-state index >= 15 is 0 Å². The van der Waals surface area contributed by atoms with Crippen molar-refractivity contribution in [2.24, 2.45) is 5.92 Å². The minimum Gasteiger partial charge on any atom is -0.481 e. The maximum atomic E-state index is 12.7. The van der Waals surface area contributed by atoms with Crippen LogP contribution in [-0.2, 0) is 10.2 Å². The number of benzene rings is 2. The van der Waals surface area contributed by atoms with E-state index in [9.17, 15) is 19.5 Å². The van der Waals surface area contributed by atoms with Gasteiger partial charge in [-0.25, -0.2) is 0 Å². The summed E-state index contributed by atoms with van der Waals surface area (Å²) in [6.45, 7) is 0.0545. The fourth-order valence-corrected chi connectivity index (χ4v) is 4.81. The lowest BCUT2D eigenvalue weighted by atomic mass is 9.72. The Morgan fingerprint density at radius 2 is 1.71 bits per heavy atom. The Hall–Kier alpha value is -2.37. The molecule has 0 aromatic heterocycles. The highest BCUT2D eigenvalue weighted by Gasteiger charge is 2.52. The van der Waals surface area contributed by atoms with E-state index in [2.05, 4.69) is 0 Å². The first-order valence-corrected chi connectivity index (χ1v) is 9.76. The highest BCUT2D eigenvalue weighted by Crippen LogP contribution is 2.48. The fraction of sp³-hybridized carbons (Fsp3) is 0.286. The smallest absolute Gasteiger partial charge is 0.314 e. The summed E-state index contributed by atoms with van der Waals surface area (Å²) in [4.78, 5) is 39.1. The van der Waals surface area contributed by atoms with Gasteiger partial charge in [-0.2, -0.15) is 0 Å². The molecule has 1 aliphatic heterocycles. The van der Waals surface area contributed by atoms with Gasteiger partial charge in [-0.3, -0.25) is 19.3 Å². The van der Waals surface area contributed by atoms with Crippen LogP contribution in [0.15, 0.2) is 42.5 Å². The lowest BCUT2D eigenvalue weighted by molar-refractivity contribution is -0.145. The minimum absolute atomic E-state index is 0.0545. The molecule has 2 amide bonds. The SMILES string of the molecule is O=C1c2ccccc2C(=O)N1C[C@@H]1CCC[C@@]1(C(=O)O)c1ccc(Cl)c(Cl)c1. The lowest BCUT2D eigenvalue weighted by Crippen LogP contribution is -2.46. The molecule has 5 nitrogen and oxygen atoms in total. The molecule has 1 fully saturated rings. The Bertz CT molecular complexity index is 971. The molecule has 2 aromatic rings. The summed E-state index contributed by atoms with van der Waals surface area (Å²) in [5.74, 6) is -2.14. The molecule has 2 atom stereocenters. The van der Waals surface area contributed by atoms with Gasteiger partial charge in [-0.1, -0.05) is 47.8 Å². The number of nitrogens with zero attached hydrogens (tertiary/aromatic N) is 1. The van der Waals surface area contributed by atoms with E-state index in [1.54, 1.807) is 42.5 Å². The number of hydrogen-bond acceptors (Lipinski definition) is 3. The Labute approximate surface area is 171 Å². The molecule has 1 heterocycles. The number of carbonyl (C=O) groups excluding carboxylic acids is 2. The van der Waals surface area contributed by atoms with Crippen molar-refractivity contribution in [2.45, 2.75) is 24.7 Å². The number of carboxylic acid groups (broad SMARTS) is 1. The van der Waals surface area contributed by atoms with Gasteiger partial charge in [0.15, 0.2) is 0 Å². The molecule has 1 saturated carbocycles. The number of amides is 2. The lowest BCUT2D eigenvalue weighted by Gasteiger charge is -2.34. The maximum absolute atomic E-state index is 12.7. The molecule has 0 spiro atoms. The third-order valence-corrected chi connectivity index (χ3v) is 6.66. The third-order valence-electron chi connectivity index (χ3n) is 5.92. The predicted molar refractivity (Wildman–Crippen MR) is 105 cm³/mol. The Morgan fingerprint density at radius 3 is 2.29 bits per heavy atom. The number of carboxylic acids is 1. The topological polar surface area (TPSA) is 74.7 Å². The Morgan fingerprint density at radius 1 is 1.07 bits per heavy atom. The first kappa shape index (κ1) is 19.0. The van der Waals surface area contributed by atoms with Crippen LogP contribution in [0.2, 0.25) is 10.0 Å². The van der Waals surface area contributed by atoms with Crippen molar-refractivity contribution in [2.75, 3.05) is 6.54 Å². The van der Waals surface area contributed by atoms with E-state index in [0.717, 1.165) is 0 Å². The summed E-state index contributed by atoms with van der Waals surface area (Å²) < 4.78 is 0. The number of imide groups is 1. The Balaban J connectivity index is 1.71. The first-order chi connectivity index (χ1) is 13.4. The quantitative estimate of drug-likeness (QED) is 0.747. The molecule has 2 aromatic carbocycles. The van der Waals surface area contributed by atoms with Gasteiger partial charge in [0, 0.05) is 6.54 Å². The molecular formula is C21H17Cl2NO4. The van der Waals surface area contributed by atoms with Gasteiger partial charge in [-0.15, -0.1) is 0 Å². The van der Waals surface area contributed by atoms with Crippen LogP contribution >= 0.6 is 23.2 Å². The molecule has 0 radical (unpaired) electrons. The number of carbonyl (C=O) groups is 3. The zero-order chi connectivity index (χ0) is 20.1. The molecule has 144 valence electrons. The van der Waals surface area contributed by atoms with Crippen molar-refractivity contribution in [3.63, 3.8) is 0 Å². The summed E-state index contributed by atoms with van der Waals surface area (Å²) >= 11 is 12.1. The summed E-state index contributed by atoms with van der Waals surface area (Å²) in [5.41, 5.74) is 0.0549. The number of halogens is 2. The van der Waals surface area contributed by atoms with Crippen LogP contribution in [0.5, 0.6) is 0 Å². The van der Waals surface area contributed by atoms with E-state index in [1.165, 1.54) is 4.90 Å². The number of rotatable bonds is 4. The predicted octanol–water partition coefficient (Wildman–Crippen LogP) is 4.41. The van der Waals surface area contributed by atoms with E-state index in [-0.39, 0.29) is 23.4 Å². The van der Waals surface area contributed by atoms with Crippen molar-refractivity contribution < 1.29 is 19.5 Å². The average Bonchev–Trinajstić information content (AvgIpc) is 3.21. The summed E-state index contributed by atoms with van der Waals surface area (Å²) in [5, 5.41) is 10.8. The van der Waals surface area contributed by atoms with E-state index < -0.39 is 17.3 Å².